The maximum Gasteiger partial charge on any atom is 0.246 e. The van der Waals surface area contributed by atoms with Crippen LogP contribution in [0.5, 0.6) is 0 Å². The van der Waals surface area contributed by atoms with Crippen molar-refractivity contribution in [3.05, 3.63) is 41.7 Å². The van der Waals surface area contributed by atoms with Crippen LogP contribution in [0, 0.1) is 5.82 Å². The standard InChI is InChI=1S/C19H24FN3O2/c20-17-6-3-16(4-7-17)5-8-18(24)23-13-11-21(12-14-23)15-19(25)22-9-1-2-10-22/h3-8H,1-2,9-15H2. The van der Waals surface area contributed by atoms with Gasteiger partial charge in [0.2, 0.25) is 11.8 Å². The average molecular weight is 345 g/mol. The molecule has 0 radical (unpaired) electrons. The van der Waals surface area contributed by atoms with Gasteiger partial charge in [-0.2, -0.15) is 0 Å². The number of benzene rings is 1. The normalized spacial score (nSPS) is 18.9. The van der Waals surface area contributed by atoms with Gasteiger partial charge in [0.1, 0.15) is 5.82 Å². The van der Waals surface area contributed by atoms with E-state index in [9.17, 15) is 14.0 Å². The van der Waals surface area contributed by atoms with E-state index in [-0.39, 0.29) is 17.6 Å². The lowest BCUT2D eigenvalue weighted by atomic mass is 10.2. The zero-order valence-electron chi connectivity index (χ0n) is 14.4. The molecule has 2 amide bonds. The SMILES string of the molecule is O=C(C=Cc1ccc(F)cc1)N1CCN(CC(=O)N2CCCC2)CC1. The molecule has 0 spiro atoms. The highest BCUT2D eigenvalue weighted by Crippen LogP contribution is 2.10. The van der Waals surface area contributed by atoms with E-state index in [0.717, 1.165) is 44.6 Å². The number of halogens is 1. The maximum absolute atomic E-state index is 12.9. The second kappa shape index (κ2) is 8.25. The van der Waals surface area contributed by atoms with E-state index in [2.05, 4.69) is 4.90 Å². The van der Waals surface area contributed by atoms with Gasteiger partial charge in [-0.25, -0.2) is 4.39 Å². The molecule has 0 aromatic heterocycles. The molecule has 1 aromatic carbocycles. The smallest absolute Gasteiger partial charge is 0.246 e. The number of likely N-dealkylation sites (tertiary alicyclic amines) is 1. The first-order valence-electron chi connectivity index (χ1n) is 8.84. The minimum atomic E-state index is -0.289. The van der Waals surface area contributed by atoms with Crippen molar-refractivity contribution < 1.29 is 14.0 Å². The molecule has 0 atom stereocenters. The Morgan fingerprint density at radius 1 is 0.920 bits per heavy atom. The second-order valence-corrected chi connectivity index (χ2v) is 6.57. The van der Waals surface area contributed by atoms with Gasteiger partial charge in [-0.05, 0) is 36.6 Å². The number of rotatable bonds is 4. The van der Waals surface area contributed by atoms with Gasteiger partial charge in [-0.15, -0.1) is 0 Å². The van der Waals surface area contributed by atoms with Crippen molar-refractivity contribution in [2.24, 2.45) is 0 Å². The maximum atomic E-state index is 12.9. The van der Waals surface area contributed by atoms with Crippen molar-refractivity contribution in [2.45, 2.75) is 12.8 Å². The van der Waals surface area contributed by atoms with Gasteiger partial charge in [-0.3, -0.25) is 14.5 Å². The Balaban J connectivity index is 1.44. The molecular formula is C19H24FN3O2. The largest absolute Gasteiger partial charge is 0.342 e. The van der Waals surface area contributed by atoms with E-state index in [4.69, 9.17) is 0 Å². The molecule has 2 heterocycles. The number of hydrogen-bond acceptors (Lipinski definition) is 3. The van der Waals surface area contributed by atoms with E-state index >= 15 is 0 Å². The minimum absolute atomic E-state index is 0.0464. The molecule has 0 N–H and O–H groups in total. The predicted molar refractivity (Wildman–Crippen MR) is 94.3 cm³/mol. The molecule has 2 aliphatic rings. The first-order chi connectivity index (χ1) is 12.1. The molecule has 6 heteroatoms. The molecule has 0 aliphatic carbocycles. The Labute approximate surface area is 147 Å². The molecule has 2 fully saturated rings. The lowest BCUT2D eigenvalue weighted by Gasteiger charge is -2.34. The van der Waals surface area contributed by atoms with Crippen LogP contribution in [0.15, 0.2) is 30.3 Å². The van der Waals surface area contributed by atoms with Crippen molar-refractivity contribution in [3.63, 3.8) is 0 Å². The zero-order chi connectivity index (χ0) is 17.6. The summed E-state index contributed by atoms with van der Waals surface area (Å²) in [6.07, 6.45) is 5.44. The molecular weight excluding hydrogens is 321 g/mol. The molecule has 0 unspecified atom stereocenters. The molecule has 2 saturated heterocycles. The lowest BCUT2D eigenvalue weighted by molar-refractivity contribution is -0.132. The highest BCUT2D eigenvalue weighted by Gasteiger charge is 2.24. The molecule has 2 aliphatic heterocycles. The van der Waals surface area contributed by atoms with Crippen LogP contribution in [0.2, 0.25) is 0 Å². The van der Waals surface area contributed by atoms with Crippen molar-refractivity contribution in [2.75, 3.05) is 45.8 Å². The highest BCUT2D eigenvalue weighted by atomic mass is 19.1. The third-order valence-corrected chi connectivity index (χ3v) is 4.79. The number of hydrogen-bond donors (Lipinski definition) is 0. The molecule has 3 rings (SSSR count). The van der Waals surface area contributed by atoms with E-state index in [1.54, 1.807) is 23.1 Å². The summed E-state index contributed by atoms with van der Waals surface area (Å²) in [5.74, 6) is -0.133. The Bertz CT molecular complexity index is 631. The van der Waals surface area contributed by atoms with Crippen LogP contribution in [-0.2, 0) is 9.59 Å². The number of nitrogens with zero attached hydrogens (tertiary/aromatic N) is 3. The van der Waals surface area contributed by atoms with E-state index in [0.29, 0.717) is 19.6 Å². The quantitative estimate of drug-likeness (QED) is 0.779. The van der Waals surface area contributed by atoms with Crippen LogP contribution >= 0.6 is 0 Å². The number of carbonyl (C=O) groups excluding carboxylic acids is 2. The van der Waals surface area contributed by atoms with Crippen LogP contribution in [0.3, 0.4) is 0 Å². The van der Waals surface area contributed by atoms with Gasteiger partial charge in [0.05, 0.1) is 6.54 Å². The van der Waals surface area contributed by atoms with Crippen molar-refractivity contribution >= 4 is 17.9 Å². The molecule has 134 valence electrons. The summed E-state index contributed by atoms with van der Waals surface area (Å²) in [7, 11) is 0. The van der Waals surface area contributed by atoms with Crippen molar-refractivity contribution in [3.8, 4) is 0 Å². The van der Waals surface area contributed by atoms with Crippen molar-refractivity contribution in [1.82, 2.24) is 14.7 Å². The van der Waals surface area contributed by atoms with Crippen LogP contribution in [0.4, 0.5) is 4.39 Å². The highest BCUT2D eigenvalue weighted by molar-refractivity contribution is 5.91. The minimum Gasteiger partial charge on any atom is -0.342 e. The van der Waals surface area contributed by atoms with Gasteiger partial charge in [0.15, 0.2) is 0 Å². The first-order valence-corrected chi connectivity index (χ1v) is 8.84. The monoisotopic (exact) mass is 345 g/mol. The summed E-state index contributed by atoms with van der Waals surface area (Å²) in [4.78, 5) is 30.3. The van der Waals surface area contributed by atoms with Gasteiger partial charge in [0.25, 0.3) is 0 Å². The van der Waals surface area contributed by atoms with E-state index < -0.39 is 0 Å². The summed E-state index contributed by atoms with van der Waals surface area (Å²) in [6, 6.07) is 6.03. The lowest BCUT2D eigenvalue weighted by Crippen LogP contribution is -2.51. The number of carbonyl (C=O) groups is 2. The van der Waals surface area contributed by atoms with Crippen LogP contribution in [0.25, 0.3) is 6.08 Å². The molecule has 5 nitrogen and oxygen atoms in total. The summed E-state index contributed by atoms with van der Waals surface area (Å²) in [5.41, 5.74) is 0.796. The van der Waals surface area contributed by atoms with E-state index in [1.165, 1.54) is 18.2 Å². The van der Waals surface area contributed by atoms with Crippen LogP contribution in [-0.4, -0.2) is 72.3 Å². The summed E-state index contributed by atoms with van der Waals surface area (Å²) in [6.45, 7) is 4.90. The van der Waals surface area contributed by atoms with Crippen LogP contribution in [0.1, 0.15) is 18.4 Å². The Hall–Kier alpha value is -2.21. The third-order valence-electron chi connectivity index (χ3n) is 4.79. The number of amides is 2. The first kappa shape index (κ1) is 17.6. The van der Waals surface area contributed by atoms with Gasteiger partial charge in [-0.1, -0.05) is 12.1 Å². The molecule has 0 bridgehead atoms. The van der Waals surface area contributed by atoms with Gasteiger partial charge in [0, 0.05) is 45.3 Å². The number of piperazine rings is 1. The summed E-state index contributed by atoms with van der Waals surface area (Å²) < 4.78 is 12.9. The summed E-state index contributed by atoms with van der Waals surface area (Å²) >= 11 is 0. The summed E-state index contributed by atoms with van der Waals surface area (Å²) in [5, 5.41) is 0. The average Bonchev–Trinajstić information content (AvgIpc) is 3.16. The van der Waals surface area contributed by atoms with Crippen LogP contribution < -0.4 is 0 Å². The molecule has 1 aromatic rings. The fraction of sp³-hybridized carbons (Fsp3) is 0.474. The van der Waals surface area contributed by atoms with Crippen molar-refractivity contribution in [1.29, 1.82) is 0 Å². The topological polar surface area (TPSA) is 43.9 Å². The Morgan fingerprint density at radius 2 is 1.56 bits per heavy atom. The van der Waals surface area contributed by atoms with E-state index in [1.807, 2.05) is 4.90 Å². The third kappa shape index (κ3) is 4.89. The Morgan fingerprint density at radius 3 is 2.20 bits per heavy atom. The zero-order valence-corrected chi connectivity index (χ0v) is 14.4. The molecule has 0 saturated carbocycles. The Kier molecular flexibility index (Phi) is 5.81. The second-order valence-electron chi connectivity index (χ2n) is 6.57. The van der Waals surface area contributed by atoms with Gasteiger partial charge < -0.3 is 9.80 Å². The predicted octanol–water partition coefficient (Wildman–Crippen LogP) is 1.61. The molecule has 25 heavy (non-hydrogen) atoms. The van der Waals surface area contributed by atoms with Gasteiger partial charge >= 0.3 is 0 Å². The fourth-order valence-electron chi connectivity index (χ4n) is 3.23. The fourth-order valence-corrected chi connectivity index (χ4v) is 3.23.